The molecule has 0 spiro atoms. The molecule has 1 aromatic heterocycles. The summed E-state index contributed by atoms with van der Waals surface area (Å²) >= 11 is 1.47. The molecule has 6 nitrogen and oxygen atoms in total. The summed E-state index contributed by atoms with van der Waals surface area (Å²) in [5, 5.41) is 0. The molecule has 23 heavy (non-hydrogen) atoms. The molecule has 2 saturated heterocycles. The number of morpholine rings is 1. The number of aryl methyl sites for hydroxylation is 2. The smallest absolute Gasteiger partial charge is 0.244 e. The summed E-state index contributed by atoms with van der Waals surface area (Å²) in [5.74, 6) is -0.0843. The van der Waals surface area contributed by atoms with Gasteiger partial charge in [0.2, 0.25) is 15.9 Å². The predicted octanol–water partition coefficient (Wildman–Crippen LogP) is 1.38. The molecule has 0 aliphatic carbocycles. The van der Waals surface area contributed by atoms with Crippen molar-refractivity contribution in [3.05, 3.63) is 15.8 Å². The van der Waals surface area contributed by atoms with E-state index in [0.29, 0.717) is 44.2 Å². The topological polar surface area (TPSA) is 66.9 Å². The van der Waals surface area contributed by atoms with Gasteiger partial charge in [0.25, 0.3) is 0 Å². The highest BCUT2D eigenvalue weighted by Crippen LogP contribution is 2.32. The Kier molecular flexibility index (Phi) is 4.78. The Morgan fingerprint density at radius 1 is 1.26 bits per heavy atom. The second-order valence-corrected chi connectivity index (χ2v) is 9.31. The van der Waals surface area contributed by atoms with E-state index >= 15 is 0 Å². The van der Waals surface area contributed by atoms with E-state index in [9.17, 15) is 13.2 Å². The number of thiophene rings is 1. The Bertz CT molecular complexity index is 692. The van der Waals surface area contributed by atoms with Crippen LogP contribution in [0.1, 0.15) is 22.6 Å². The zero-order chi connectivity index (χ0) is 16.6. The van der Waals surface area contributed by atoms with Crippen molar-refractivity contribution in [1.29, 1.82) is 0 Å². The largest absolute Gasteiger partial charge is 0.378 e. The van der Waals surface area contributed by atoms with Crippen LogP contribution >= 0.6 is 11.3 Å². The number of hydrogen-bond donors (Lipinski definition) is 0. The van der Waals surface area contributed by atoms with Gasteiger partial charge in [-0.25, -0.2) is 8.42 Å². The molecule has 1 aromatic rings. The minimum Gasteiger partial charge on any atom is -0.378 e. The lowest BCUT2D eigenvalue weighted by Gasteiger charge is -2.32. The standard InChI is InChI=1S/C15H22N2O4S2/c1-11-10-14(12(2)22-11)23(19,20)17-5-3-4-13(17)15(18)16-6-8-21-9-7-16/h10,13H,3-9H2,1-2H3/t13-/m1/s1. The van der Waals surface area contributed by atoms with E-state index in [2.05, 4.69) is 0 Å². The van der Waals surface area contributed by atoms with Crippen LogP contribution in [0.5, 0.6) is 0 Å². The normalized spacial score (nSPS) is 23.4. The van der Waals surface area contributed by atoms with Gasteiger partial charge in [-0.15, -0.1) is 11.3 Å². The number of hydrogen-bond acceptors (Lipinski definition) is 5. The first-order valence-corrected chi connectivity index (χ1v) is 10.1. The quantitative estimate of drug-likeness (QED) is 0.819. The molecule has 0 radical (unpaired) electrons. The average Bonchev–Trinajstić information content (AvgIpc) is 3.14. The van der Waals surface area contributed by atoms with Crippen molar-refractivity contribution < 1.29 is 17.9 Å². The van der Waals surface area contributed by atoms with Crippen LogP contribution in [0, 0.1) is 13.8 Å². The summed E-state index contributed by atoms with van der Waals surface area (Å²) in [7, 11) is -3.62. The maximum Gasteiger partial charge on any atom is 0.244 e. The van der Waals surface area contributed by atoms with Crippen LogP contribution in [0.2, 0.25) is 0 Å². The van der Waals surface area contributed by atoms with Gasteiger partial charge in [-0.05, 0) is 32.8 Å². The summed E-state index contributed by atoms with van der Waals surface area (Å²) in [6.07, 6.45) is 1.32. The third kappa shape index (κ3) is 3.17. The van der Waals surface area contributed by atoms with Crippen molar-refractivity contribution in [2.75, 3.05) is 32.8 Å². The molecule has 3 heterocycles. The first-order chi connectivity index (χ1) is 10.9. The Hall–Kier alpha value is -0.960. The summed E-state index contributed by atoms with van der Waals surface area (Å²) in [6, 6.07) is 1.14. The lowest BCUT2D eigenvalue weighted by Crippen LogP contribution is -2.50. The minimum absolute atomic E-state index is 0.0843. The molecule has 2 aliphatic heterocycles. The second kappa shape index (κ2) is 6.51. The maximum absolute atomic E-state index is 13.0. The fourth-order valence-corrected chi connectivity index (χ4v) is 6.44. The van der Waals surface area contributed by atoms with Gasteiger partial charge in [0.05, 0.1) is 18.1 Å². The van der Waals surface area contributed by atoms with Crippen molar-refractivity contribution in [2.45, 2.75) is 37.6 Å². The third-order valence-corrected chi connectivity index (χ3v) is 7.52. The molecule has 0 aromatic carbocycles. The molecule has 128 valence electrons. The third-order valence-electron chi connectivity index (χ3n) is 4.39. The predicted molar refractivity (Wildman–Crippen MR) is 88.1 cm³/mol. The lowest BCUT2D eigenvalue weighted by atomic mass is 10.2. The van der Waals surface area contributed by atoms with Gasteiger partial charge < -0.3 is 9.64 Å². The van der Waals surface area contributed by atoms with Crippen LogP contribution in [0.3, 0.4) is 0 Å². The van der Waals surface area contributed by atoms with E-state index in [4.69, 9.17) is 4.74 Å². The summed E-state index contributed by atoms with van der Waals surface area (Å²) in [5.41, 5.74) is 0. The molecule has 0 saturated carbocycles. The van der Waals surface area contributed by atoms with Gasteiger partial charge in [0.15, 0.2) is 0 Å². The molecular formula is C15H22N2O4S2. The number of amides is 1. The second-order valence-electron chi connectivity index (χ2n) is 5.99. The van der Waals surface area contributed by atoms with Crippen molar-refractivity contribution in [2.24, 2.45) is 0 Å². The molecule has 2 aliphatic rings. The Labute approximate surface area is 141 Å². The maximum atomic E-state index is 13.0. The SMILES string of the molecule is Cc1cc(S(=O)(=O)N2CCC[C@@H]2C(=O)N2CCOCC2)c(C)s1. The number of carbonyl (C=O) groups is 1. The van der Waals surface area contributed by atoms with Crippen LogP contribution in [0.25, 0.3) is 0 Å². The van der Waals surface area contributed by atoms with Gasteiger partial charge >= 0.3 is 0 Å². The first-order valence-electron chi connectivity index (χ1n) is 7.86. The lowest BCUT2D eigenvalue weighted by molar-refractivity contribution is -0.138. The molecule has 8 heteroatoms. The van der Waals surface area contributed by atoms with Crippen LogP contribution in [-0.2, 0) is 19.6 Å². The van der Waals surface area contributed by atoms with Gasteiger partial charge in [0.1, 0.15) is 6.04 Å². The van der Waals surface area contributed by atoms with E-state index in [1.54, 1.807) is 11.0 Å². The highest BCUT2D eigenvalue weighted by molar-refractivity contribution is 7.89. The molecular weight excluding hydrogens is 336 g/mol. The number of nitrogens with zero attached hydrogens (tertiary/aromatic N) is 2. The number of rotatable bonds is 3. The summed E-state index contributed by atoms with van der Waals surface area (Å²) in [6.45, 7) is 6.26. The fraction of sp³-hybridized carbons (Fsp3) is 0.667. The number of sulfonamides is 1. The van der Waals surface area contributed by atoms with Crippen molar-refractivity contribution in [3.63, 3.8) is 0 Å². The Balaban J connectivity index is 1.86. The van der Waals surface area contributed by atoms with E-state index < -0.39 is 16.1 Å². The van der Waals surface area contributed by atoms with Crippen molar-refractivity contribution in [3.8, 4) is 0 Å². The van der Waals surface area contributed by atoms with E-state index in [1.807, 2.05) is 13.8 Å². The highest BCUT2D eigenvalue weighted by atomic mass is 32.2. The fourth-order valence-electron chi connectivity index (χ4n) is 3.26. The Morgan fingerprint density at radius 3 is 2.57 bits per heavy atom. The van der Waals surface area contributed by atoms with E-state index in [-0.39, 0.29) is 5.91 Å². The molecule has 1 atom stereocenters. The number of ether oxygens (including phenoxy) is 1. The van der Waals surface area contributed by atoms with Crippen LogP contribution < -0.4 is 0 Å². The van der Waals surface area contributed by atoms with E-state index in [0.717, 1.165) is 16.2 Å². The molecule has 3 rings (SSSR count). The molecule has 0 unspecified atom stereocenters. The van der Waals surface area contributed by atoms with Gasteiger partial charge in [0, 0.05) is 29.4 Å². The van der Waals surface area contributed by atoms with Crippen molar-refractivity contribution in [1.82, 2.24) is 9.21 Å². The zero-order valence-corrected chi connectivity index (χ0v) is 15.1. The molecule has 0 bridgehead atoms. The molecule has 1 amide bonds. The van der Waals surface area contributed by atoms with Gasteiger partial charge in [-0.2, -0.15) is 4.31 Å². The summed E-state index contributed by atoms with van der Waals surface area (Å²) < 4.78 is 32.7. The molecule has 2 fully saturated rings. The zero-order valence-electron chi connectivity index (χ0n) is 13.4. The molecule has 0 N–H and O–H groups in total. The van der Waals surface area contributed by atoms with Gasteiger partial charge in [-0.3, -0.25) is 4.79 Å². The number of carbonyl (C=O) groups excluding carboxylic acids is 1. The minimum atomic E-state index is -3.62. The Morgan fingerprint density at radius 2 is 1.96 bits per heavy atom. The van der Waals surface area contributed by atoms with Crippen LogP contribution in [-0.4, -0.2) is 62.4 Å². The van der Waals surface area contributed by atoms with Crippen molar-refractivity contribution >= 4 is 27.3 Å². The first kappa shape index (κ1) is 16.9. The van der Waals surface area contributed by atoms with Crippen LogP contribution in [0.15, 0.2) is 11.0 Å². The van der Waals surface area contributed by atoms with Gasteiger partial charge in [-0.1, -0.05) is 0 Å². The van der Waals surface area contributed by atoms with Crippen LogP contribution in [0.4, 0.5) is 0 Å². The highest BCUT2D eigenvalue weighted by Gasteiger charge is 2.42. The monoisotopic (exact) mass is 358 g/mol. The summed E-state index contributed by atoms with van der Waals surface area (Å²) in [4.78, 5) is 16.6. The average molecular weight is 358 g/mol. The van der Waals surface area contributed by atoms with E-state index in [1.165, 1.54) is 15.6 Å².